The fourth-order valence-corrected chi connectivity index (χ4v) is 1.94. The van der Waals surface area contributed by atoms with E-state index in [9.17, 15) is 4.79 Å². The lowest BCUT2D eigenvalue weighted by atomic mass is 10.2. The van der Waals surface area contributed by atoms with Crippen molar-refractivity contribution in [1.82, 2.24) is 5.32 Å². The fourth-order valence-electron chi connectivity index (χ4n) is 1.94. The van der Waals surface area contributed by atoms with Gasteiger partial charge in [-0.2, -0.15) is 0 Å². The van der Waals surface area contributed by atoms with Gasteiger partial charge in [0.05, 0.1) is 13.3 Å². The van der Waals surface area contributed by atoms with E-state index in [-0.39, 0.29) is 5.91 Å². The monoisotopic (exact) mass is 312 g/mol. The quantitative estimate of drug-likeness (QED) is 0.632. The van der Waals surface area contributed by atoms with Crippen molar-refractivity contribution in [2.45, 2.75) is 19.6 Å². The number of ether oxygens (including phenoxy) is 1. The second-order valence-corrected chi connectivity index (χ2v) is 4.92. The van der Waals surface area contributed by atoms with Gasteiger partial charge in [-0.05, 0) is 18.6 Å². The third-order valence-electron chi connectivity index (χ3n) is 3.24. The first-order valence-electron chi connectivity index (χ1n) is 7.34. The SMILES string of the molecule is COc1ccccc1CNC(=O)C(C)O/N=C/c1ccccc1. The lowest BCUT2D eigenvalue weighted by molar-refractivity contribution is -0.131. The first-order valence-corrected chi connectivity index (χ1v) is 7.34. The van der Waals surface area contributed by atoms with Gasteiger partial charge < -0.3 is 14.9 Å². The molecule has 0 radical (unpaired) electrons. The van der Waals surface area contributed by atoms with E-state index in [0.717, 1.165) is 16.9 Å². The van der Waals surface area contributed by atoms with Crippen molar-refractivity contribution < 1.29 is 14.4 Å². The van der Waals surface area contributed by atoms with Gasteiger partial charge in [-0.3, -0.25) is 4.79 Å². The molecule has 0 aliphatic rings. The molecule has 1 amide bonds. The normalized spacial score (nSPS) is 11.9. The van der Waals surface area contributed by atoms with Crippen molar-refractivity contribution in [3.8, 4) is 5.75 Å². The molecule has 1 N–H and O–H groups in total. The van der Waals surface area contributed by atoms with Gasteiger partial charge >= 0.3 is 0 Å². The minimum Gasteiger partial charge on any atom is -0.496 e. The van der Waals surface area contributed by atoms with E-state index in [1.165, 1.54) is 0 Å². The average Bonchev–Trinajstić information content (AvgIpc) is 2.60. The largest absolute Gasteiger partial charge is 0.496 e. The van der Waals surface area contributed by atoms with Crippen molar-refractivity contribution in [3.05, 3.63) is 65.7 Å². The Labute approximate surface area is 135 Å². The Bertz CT molecular complexity index is 656. The highest BCUT2D eigenvalue weighted by Crippen LogP contribution is 2.16. The van der Waals surface area contributed by atoms with Gasteiger partial charge in [-0.25, -0.2) is 0 Å². The molecule has 0 spiro atoms. The lowest BCUT2D eigenvalue weighted by Gasteiger charge is -2.12. The van der Waals surface area contributed by atoms with Crippen LogP contribution >= 0.6 is 0 Å². The first kappa shape index (κ1) is 16.5. The minimum atomic E-state index is -0.676. The molecule has 0 aliphatic heterocycles. The first-order chi connectivity index (χ1) is 11.2. The number of nitrogens with zero attached hydrogens (tertiary/aromatic N) is 1. The highest BCUT2D eigenvalue weighted by atomic mass is 16.6. The number of carbonyl (C=O) groups is 1. The molecule has 0 bridgehead atoms. The summed E-state index contributed by atoms with van der Waals surface area (Å²) >= 11 is 0. The average molecular weight is 312 g/mol. The van der Waals surface area contributed by atoms with Crippen LogP contribution in [0.15, 0.2) is 59.8 Å². The van der Waals surface area contributed by atoms with Crippen molar-refractivity contribution in [1.29, 1.82) is 0 Å². The summed E-state index contributed by atoms with van der Waals surface area (Å²) in [5, 5.41) is 6.65. The van der Waals surface area contributed by atoms with Crippen LogP contribution in [0, 0.1) is 0 Å². The Balaban J connectivity index is 1.82. The molecular weight excluding hydrogens is 292 g/mol. The topological polar surface area (TPSA) is 59.9 Å². The fraction of sp³-hybridized carbons (Fsp3) is 0.222. The molecule has 0 aliphatic carbocycles. The molecule has 2 aromatic rings. The van der Waals surface area contributed by atoms with E-state index in [1.807, 2.05) is 54.6 Å². The summed E-state index contributed by atoms with van der Waals surface area (Å²) in [5.74, 6) is 0.504. The maximum Gasteiger partial charge on any atom is 0.263 e. The summed E-state index contributed by atoms with van der Waals surface area (Å²) in [6.45, 7) is 2.03. The Hall–Kier alpha value is -2.82. The Morgan fingerprint density at radius 2 is 1.87 bits per heavy atom. The number of rotatable bonds is 7. The maximum absolute atomic E-state index is 12.0. The minimum absolute atomic E-state index is 0.235. The van der Waals surface area contributed by atoms with Crippen LogP contribution in [0.5, 0.6) is 5.75 Å². The number of carbonyl (C=O) groups excluding carboxylic acids is 1. The second-order valence-electron chi connectivity index (χ2n) is 4.92. The summed E-state index contributed by atoms with van der Waals surface area (Å²) in [6, 6.07) is 17.1. The highest BCUT2D eigenvalue weighted by molar-refractivity contribution is 5.81. The van der Waals surface area contributed by atoms with Crippen LogP contribution in [-0.2, 0) is 16.2 Å². The van der Waals surface area contributed by atoms with Crippen LogP contribution in [0.2, 0.25) is 0 Å². The van der Waals surface area contributed by atoms with Crippen LogP contribution < -0.4 is 10.1 Å². The Morgan fingerprint density at radius 3 is 2.61 bits per heavy atom. The van der Waals surface area contributed by atoms with Crippen LogP contribution in [0.25, 0.3) is 0 Å². The molecule has 0 aromatic heterocycles. The molecule has 2 rings (SSSR count). The number of amides is 1. The van der Waals surface area contributed by atoms with E-state index >= 15 is 0 Å². The van der Waals surface area contributed by atoms with Gasteiger partial charge in [0.2, 0.25) is 6.10 Å². The van der Waals surface area contributed by atoms with Gasteiger partial charge in [0.25, 0.3) is 5.91 Å². The van der Waals surface area contributed by atoms with Crippen LogP contribution in [0.3, 0.4) is 0 Å². The predicted octanol–water partition coefficient (Wildman–Crippen LogP) is 2.75. The number of oxime groups is 1. The third-order valence-corrected chi connectivity index (χ3v) is 3.24. The van der Waals surface area contributed by atoms with Gasteiger partial charge in [0.15, 0.2) is 0 Å². The van der Waals surface area contributed by atoms with Crippen LogP contribution in [0.1, 0.15) is 18.1 Å². The molecule has 0 heterocycles. The van der Waals surface area contributed by atoms with Gasteiger partial charge in [0, 0.05) is 12.1 Å². The van der Waals surface area contributed by atoms with E-state index in [0.29, 0.717) is 6.54 Å². The van der Waals surface area contributed by atoms with Crippen molar-refractivity contribution >= 4 is 12.1 Å². The van der Waals surface area contributed by atoms with Crippen molar-refractivity contribution in [3.63, 3.8) is 0 Å². The van der Waals surface area contributed by atoms with E-state index < -0.39 is 6.10 Å². The van der Waals surface area contributed by atoms with Gasteiger partial charge in [0.1, 0.15) is 5.75 Å². The molecule has 5 nitrogen and oxygen atoms in total. The highest BCUT2D eigenvalue weighted by Gasteiger charge is 2.14. The number of nitrogens with one attached hydrogen (secondary N) is 1. The molecule has 23 heavy (non-hydrogen) atoms. The maximum atomic E-state index is 12.0. The standard InChI is InChI=1S/C18H20N2O3/c1-14(23-20-12-15-8-4-3-5-9-15)18(21)19-13-16-10-6-7-11-17(16)22-2/h3-12,14H,13H2,1-2H3,(H,19,21)/b20-12+. The molecule has 0 fully saturated rings. The Morgan fingerprint density at radius 1 is 1.17 bits per heavy atom. The second kappa shape index (κ2) is 8.58. The number of hydrogen-bond acceptors (Lipinski definition) is 4. The molecule has 0 saturated carbocycles. The number of hydrogen-bond donors (Lipinski definition) is 1. The van der Waals surface area contributed by atoms with Crippen molar-refractivity contribution in [2.24, 2.45) is 5.16 Å². The zero-order valence-corrected chi connectivity index (χ0v) is 13.2. The molecule has 120 valence electrons. The molecule has 5 heteroatoms. The van der Waals surface area contributed by atoms with Gasteiger partial charge in [-0.1, -0.05) is 53.7 Å². The zero-order valence-electron chi connectivity index (χ0n) is 13.2. The van der Waals surface area contributed by atoms with E-state index in [4.69, 9.17) is 9.57 Å². The number of methoxy groups -OCH3 is 1. The number of benzene rings is 2. The van der Waals surface area contributed by atoms with E-state index in [2.05, 4.69) is 10.5 Å². The van der Waals surface area contributed by atoms with Crippen LogP contribution in [-0.4, -0.2) is 25.3 Å². The molecular formula is C18H20N2O3. The molecule has 2 aromatic carbocycles. The molecule has 0 saturated heterocycles. The van der Waals surface area contributed by atoms with Gasteiger partial charge in [-0.15, -0.1) is 0 Å². The molecule has 1 unspecified atom stereocenters. The summed E-state index contributed by atoms with van der Waals surface area (Å²) in [4.78, 5) is 17.2. The van der Waals surface area contributed by atoms with Crippen molar-refractivity contribution in [2.75, 3.05) is 7.11 Å². The summed E-state index contributed by atoms with van der Waals surface area (Å²) in [5.41, 5.74) is 1.82. The third kappa shape index (κ3) is 5.14. The zero-order chi connectivity index (χ0) is 16.5. The summed E-state index contributed by atoms with van der Waals surface area (Å²) in [6.07, 6.45) is 0.897. The lowest BCUT2D eigenvalue weighted by Crippen LogP contribution is -2.33. The predicted molar refractivity (Wildman–Crippen MR) is 89.4 cm³/mol. The smallest absolute Gasteiger partial charge is 0.263 e. The summed E-state index contributed by atoms with van der Waals surface area (Å²) < 4.78 is 5.25. The van der Waals surface area contributed by atoms with Crippen LogP contribution in [0.4, 0.5) is 0 Å². The summed E-state index contributed by atoms with van der Waals surface area (Å²) in [7, 11) is 1.60. The van der Waals surface area contributed by atoms with E-state index in [1.54, 1.807) is 20.2 Å². The molecule has 1 atom stereocenters. The number of para-hydroxylation sites is 1. The Kier molecular flexibility index (Phi) is 6.17.